The van der Waals surface area contributed by atoms with E-state index < -0.39 is 52.0 Å². The Balaban J connectivity index is 1.66. The summed E-state index contributed by atoms with van der Waals surface area (Å²) in [6.45, 7) is 2.40. The van der Waals surface area contributed by atoms with Crippen LogP contribution in [-0.4, -0.2) is 50.1 Å². The van der Waals surface area contributed by atoms with Crippen molar-refractivity contribution in [2.75, 3.05) is 6.61 Å². The SMILES string of the molecule is CCOc1ccc(-c2ccc(O)c3c2CC2CC4CC(=O)C(C(N)=O)=C(O)C4(O)C(=O)C2=C3O)cc1. The Hall–Kier alpha value is -4.11. The minimum Gasteiger partial charge on any atom is -0.508 e. The van der Waals surface area contributed by atoms with Crippen molar-refractivity contribution in [2.24, 2.45) is 17.6 Å². The molecule has 0 aliphatic heterocycles. The summed E-state index contributed by atoms with van der Waals surface area (Å²) in [4.78, 5) is 37.8. The molecule has 1 fully saturated rings. The molecule has 9 nitrogen and oxygen atoms in total. The maximum absolute atomic E-state index is 13.6. The second-order valence-electron chi connectivity index (χ2n) is 9.35. The van der Waals surface area contributed by atoms with Crippen molar-refractivity contribution < 1.29 is 39.5 Å². The average molecular weight is 491 g/mol. The molecular formula is C27H25NO8. The molecule has 9 heteroatoms. The Morgan fingerprint density at radius 3 is 2.42 bits per heavy atom. The number of aliphatic hydroxyl groups is 3. The van der Waals surface area contributed by atoms with E-state index in [4.69, 9.17) is 10.5 Å². The van der Waals surface area contributed by atoms with Gasteiger partial charge in [0.05, 0.1) is 12.2 Å². The monoisotopic (exact) mass is 491 g/mol. The summed E-state index contributed by atoms with van der Waals surface area (Å²) in [7, 11) is 0. The van der Waals surface area contributed by atoms with Crippen LogP contribution in [-0.2, 0) is 20.8 Å². The molecule has 1 amide bonds. The number of aromatic hydroxyl groups is 1. The van der Waals surface area contributed by atoms with Gasteiger partial charge in [-0.1, -0.05) is 18.2 Å². The van der Waals surface area contributed by atoms with Crippen LogP contribution < -0.4 is 10.5 Å². The maximum Gasteiger partial charge on any atom is 0.255 e. The fourth-order valence-corrected chi connectivity index (χ4v) is 5.79. The molecule has 2 aromatic carbocycles. The van der Waals surface area contributed by atoms with Crippen LogP contribution in [0, 0.1) is 11.8 Å². The van der Waals surface area contributed by atoms with Gasteiger partial charge in [-0.05, 0) is 60.6 Å². The summed E-state index contributed by atoms with van der Waals surface area (Å²) in [6.07, 6.45) is -0.0274. The summed E-state index contributed by atoms with van der Waals surface area (Å²) < 4.78 is 5.50. The molecule has 0 radical (unpaired) electrons. The third-order valence-electron chi connectivity index (χ3n) is 7.42. The normalized spacial score (nSPS) is 25.3. The van der Waals surface area contributed by atoms with Crippen LogP contribution in [0.1, 0.15) is 30.9 Å². The molecule has 3 aliphatic rings. The van der Waals surface area contributed by atoms with E-state index in [9.17, 15) is 34.8 Å². The van der Waals surface area contributed by atoms with Crippen molar-refractivity contribution in [1.29, 1.82) is 0 Å². The van der Waals surface area contributed by atoms with Crippen molar-refractivity contribution in [1.82, 2.24) is 0 Å². The third kappa shape index (κ3) is 3.23. The number of carbonyl (C=O) groups is 3. The van der Waals surface area contributed by atoms with Crippen LogP contribution in [0.25, 0.3) is 16.9 Å². The van der Waals surface area contributed by atoms with E-state index in [1.54, 1.807) is 6.07 Å². The van der Waals surface area contributed by atoms with Gasteiger partial charge in [0.25, 0.3) is 5.91 Å². The Kier molecular flexibility index (Phi) is 5.40. The number of amides is 1. The summed E-state index contributed by atoms with van der Waals surface area (Å²) in [5.74, 6) is -5.74. The zero-order valence-corrected chi connectivity index (χ0v) is 19.4. The van der Waals surface area contributed by atoms with Gasteiger partial charge in [0, 0.05) is 17.9 Å². The Morgan fingerprint density at radius 2 is 1.78 bits per heavy atom. The van der Waals surface area contributed by atoms with Crippen molar-refractivity contribution in [3.63, 3.8) is 0 Å². The average Bonchev–Trinajstić information content (AvgIpc) is 2.82. The second-order valence-corrected chi connectivity index (χ2v) is 9.35. The van der Waals surface area contributed by atoms with Gasteiger partial charge in [0.2, 0.25) is 5.78 Å². The number of phenolic OH excluding ortho intramolecular Hbond substituents is 1. The number of carbonyl (C=O) groups excluding carboxylic acids is 3. The van der Waals surface area contributed by atoms with Gasteiger partial charge in [0.1, 0.15) is 28.6 Å². The lowest BCUT2D eigenvalue weighted by Gasteiger charge is -2.46. The second kappa shape index (κ2) is 8.23. The lowest BCUT2D eigenvalue weighted by atomic mass is 9.59. The molecule has 0 heterocycles. The van der Waals surface area contributed by atoms with E-state index in [0.29, 0.717) is 17.9 Å². The van der Waals surface area contributed by atoms with Crippen LogP contribution in [0.15, 0.2) is 53.3 Å². The van der Waals surface area contributed by atoms with Crippen molar-refractivity contribution in [3.8, 4) is 22.6 Å². The fraction of sp³-hybridized carbons (Fsp3) is 0.296. The number of hydrogen-bond donors (Lipinski definition) is 5. The number of phenols is 1. The Labute approximate surface area is 206 Å². The highest BCUT2D eigenvalue weighted by Gasteiger charge is 2.60. The number of ketones is 2. The number of fused-ring (bicyclic) bond motifs is 3. The lowest BCUT2D eigenvalue weighted by molar-refractivity contribution is -0.147. The van der Waals surface area contributed by atoms with Crippen LogP contribution >= 0.6 is 0 Å². The van der Waals surface area contributed by atoms with E-state index >= 15 is 0 Å². The molecule has 3 aliphatic carbocycles. The molecule has 186 valence electrons. The lowest BCUT2D eigenvalue weighted by Crippen LogP contribution is -2.58. The molecule has 6 N–H and O–H groups in total. The van der Waals surface area contributed by atoms with E-state index in [0.717, 1.165) is 11.1 Å². The van der Waals surface area contributed by atoms with Gasteiger partial charge in [0.15, 0.2) is 11.4 Å². The molecule has 5 rings (SSSR count). The van der Waals surface area contributed by atoms with Crippen LogP contribution in [0.2, 0.25) is 0 Å². The standard InChI is InChI=1S/C27H25NO8/c1-2-36-15-5-3-12(4-6-15)16-7-8-18(29)21-17(16)10-13-9-14-11-19(30)22(26(28)34)25(33)27(14,35)24(32)20(13)23(21)31/h3-8,13-14,29,31,33,35H,2,9-11H2,1H3,(H2,28,34). The summed E-state index contributed by atoms with van der Waals surface area (Å²) >= 11 is 0. The molecular weight excluding hydrogens is 466 g/mol. The molecule has 0 aromatic heterocycles. The Bertz CT molecular complexity index is 1390. The van der Waals surface area contributed by atoms with Gasteiger partial charge in [-0.2, -0.15) is 0 Å². The first kappa shape index (κ1) is 23.6. The topological polar surface area (TPSA) is 167 Å². The minimum absolute atomic E-state index is 0.0634. The first-order valence-electron chi connectivity index (χ1n) is 11.6. The molecule has 36 heavy (non-hydrogen) atoms. The number of Topliss-reactive ketones (excluding diaryl/α,β-unsaturated/α-hetero) is 2. The molecule has 3 atom stereocenters. The number of hydrogen-bond acceptors (Lipinski definition) is 8. The zero-order valence-electron chi connectivity index (χ0n) is 19.4. The van der Waals surface area contributed by atoms with Gasteiger partial charge in [-0.3, -0.25) is 14.4 Å². The van der Waals surface area contributed by atoms with Gasteiger partial charge in [-0.15, -0.1) is 0 Å². The van der Waals surface area contributed by atoms with Crippen LogP contribution in [0.3, 0.4) is 0 Å². The number of primary amides is 1. The van der Waals surface area contributed by atoms with Gasteiger partial charge >= 0.3 is 0 Å². The largest absolute Gasteiger partial charge is 0.508 e. The summed E-state index contributed by atoms with van der Waals surface area (Å²) in [6, 6.07) is 10.5. The molecule has 1 saturated carbocycles. The van der Waals surface area contributed by atoms with Gasteiger partial charge < -0.3 is 30.9 Å². The number of benzene rings is 2. The van der Waals surface area contributed by atoms with E-state index in [-0.39, 0.29) is 36.1 Å². The van der Waals surface area contributed by atoms with Crippen molar-refractivity contribution in [2.45, 2.75) is 31.8 Å². The number of aliphatic hydroxyl groups excluding tert-OH is 2. The summed E-state index contributed by atoms with van der Waals surface area (Å²) in [5, 5.41) is 43.8. The summed E-state index contributed by atoms with van der Waals surface area (Å²) in [5.41, 5.74) is 3.90. The van der Waals surface area contributed by atoms with Crippen molar-refractivity contribution in [3.05, 3.63) is 64.4 Å². The maximum atomic E-state index is 13.6. The predicted molar refractivity (Wildman–Crippen MR) is 128 cm³/mol. The molecule has 2 aromatic rings. The number of nitrogens with two attached hydrogens (primary N) is 1. The number of ether oxygens (including phenoxy) is 1. The van der Waals surface area contributed by atoms with E-state index in [2.05, 4.69) is 0 Å². The predicted octanol–water partition coefficient (Wildman–Crippen LogP) is 2.49. The highest BCUT2D eigenvalue weighted by Crippen LogP contribution is 2.53. The molecule has 0 spiro atoms. The third-order valence-corrected chi connectivity index (χ3v) is 7.42. The molecule has 3 unspecified atom stereocenters. The van der Waals surface area contributed by atoms with Crippen LogP contribution in [0.5, 0.6) is 11.5 Å². The minimum atomic E-state index is -2.57. The van der Waals surface area contributed by atoms with Crippen LogP contribution in [0.4, 0.5) is 0 Å². The van der Waals surface area contributed by atoms with E-state index in [1.807, 2.05) is 31.2 Å². The quantitative estimate of drug-likeness (QED) is 0.407. The highest BCUT2D eigenvalue weighted by molar-refractivity contribution is 6.22. The smallest absolute Gasteiger partial charge is 0.255 e. The molecule has 0 saturated heterocycles. The van der Waals surface area contributed by atoms with Gasteiger partial charge in [-0.25, -0.2) is 0 Å². The Morgan fingerprint density at radius 1 is 1.08 bits per heavy atom. The molecule has 0 bridgehead atoms. The van der Waals surface area contributed by atoms with Crippen molar-refractivity contribution >= 4 is 23.2 Å². The fourth-order valence-electron chi connectivity index (χ4n) is 5.79. The zero-order chi connectivity index (χ0) is 25.9. The first-order valence-corrected chi connectivity index (χ1v) is 11.6. The first-order chi connectivity index (χ1) is 17.1. The number of rotatable bonds is 4. The highest BCUT2D eigenvalue weighted by atomic mass is 16.5. The van der Waals surface area contributed by atoms with E-state index in [1.165, 1.54) is 6.07 Å².